The van der Waals surface area contributed by atoms with Crippen LogP contribution in [0.4, 0.5) is 5.95 Å². The Kier molecular flexibility index (Phi) is 6.99. The molecular weight excluding hydrogens is 452 g/mol. The van der Waals surface area contributed by atoms with E-state index in [0.29, 0.717) is 29.3 Å². The Morgan fingerprint density at radius 1 is 1.24 bits per heavy atom. The number of amides is 1. The van der Waals surface area contributed by atoms with Crippen LogP contribution in [0.15, 0.2) is 36.7 Å². The molecule has 0 aliphatic carbocycles. The molecule has 9 heteroatoms. The second kappa shape index (κ2) is 10.3. The van der Waals surface area contributed by atoms with Gasteiger partial charge in [-0.1, -0.05) is 29.8 Å². The Bertz CT molecular complexity index is 1140. The molecule has 0 radical (unpaired) electrons. The van der Waals surface area contributed by atoms with E-state index < -0.39 is 0 Å². The number of likely N-dealkylation sites (tertiary alicyclic amines) is 1. The molecule has 2 aromatic heterocycles. The summed E-state index contributed by atoms with van der Waals surface area (Å²) in [5.74, 6) is 0.769. The molecule has 0 atom stereocenters. The van der Waals surface area contributed by atoms with Gasteiger partial charge in [0.1, 0.15) is 0 Å². The highest BCUT2D eigenvalue weighted by atomic mass is 35.5. The van der Waals surface area contributed by atoms with Crippen molar-refractivity contribution >= 4 is 34.4 Å². The number of para-hydroxylation sites is 1. The Balaban J connectivity index is 1.18. The van der Waals surface area contributed by atoms with Crippen LogP contribution in [0.2, 0.25) is 5.02 Å². The number of H-pyrrole nitrogens is 1. The topological polar surface area (TPSA) is 86.4 Å². The van der Waals surface area contributed by atoms with Gasteiger partial charge in [0.15, 0.2) is 0 Å². The van der Waals surface area contributed by atoms with E-state index in [1.165, 1.54) is 0 Å². The standard InChI is InChI=1S/C25H31ClN6O2/c1-31(18-8-12-34-13-9-18)16-23(33)32-10-6-17(7-11-32)29-25-28-15-21(26)24(30-25)20-14-27-22-5-3-2-4-19(20)22/h2-5,14-15,17-18,27H,6-13,16H2,1H3,(H,28,29,30). The van der Waals surface area contributed by atoms with Gasteiger partial charge in [-0.05, 0) is 38.8 Å². The number of nitrogens with zero attached hydrogens (tertiary/aromatic N) is 4. The van der Waals surface area contributed by atoms with Crippen molar-refractivity contribution in [3.8, 4) is 11.3 Å². The van der Waals surface area contributed by atoms with E-state index in [4.69, 9.17) is 21.3 Å². The van der Waals surface area contributed by atoms with Gasteiger partial charge in [0, 0.05) is 61.1 Å². The smallest absolute Gasteiger partial charge is 0.236 e. The van der Waals surface area contributed by atoms with Crippen molar-refractivity contribution in [2.24, 2.45) is 0 Å². The lowest BCUT2D eigenvalue weighted by Crippen LogP contribution is -2.48. The highest BCUT2D eigenvalue weighted by Gasteiger charge is 2.26. The minimum absolute atomic E-state index is 0.205. The van der Waals surface area contributed by atoms with Crippen molar-refractivity contribution in [1.29, 1.82) is 0 Å². The van der Waals surface area contributed by atoms with Gasteiger partial charge in [0.2, 0.25) is 11.9 Å². The second-order valence-corrected chi connectivity index (χ2v) is 9.60. The summed E-state index contributed by atoms with van der Waals surface area (Å²) in [6, 6.07) is 8.74. The molecule has 2 fully saturated rings. The summed E-state index contributed by atoms with van der Waals surface area (Å²) in [5.41, 5.74) is 2.71. The van der Waals surface area contributed by atoms with Crippen LogP contribution < -0.4 is 5.32 Å². The molecule has 2 aliphatic rings. The maximum absolute atomic E-state index is 12.8. The zero-order valence-corrected chi connectivity index (χ0v) is 20.2. The molecule has 4 heterocycles. The van der Waals surface area contributed by atoms with Gasteiger partial charge in [0.25, 0.3) is 0 Å². The normalized spacial score (nSPS) is 18.0. The first-order chi connectivity index (χ1) is 16.6. The lowest BCUT2D eigenvalue weighted by molar-refractivity contribution is -0.134. The van der Waals surface area contributed by atoms with Gasteiger partial charge >= 0.3 is 0 Å². The van der Waals surface area contributed by atoms with E-state index in [2.05, 4.69) is 26.3 Å². The van der Waals surface area contributed by atoms with E-state index in [9.17, 15) is 4.79 Å². The molecule has 0 spiro atoms. The highest BCUT2D eigenvalue weighted by molar-refractivity contribution is 6.33. The van der Waals surface area contributed by atoms with Crippen molar-refractivity contribution < 1.29 is 9.53 Å². The molecule has 1 amide bonds. The number of likely N-dealkylation sites (N-methyl/N-ethyl adjacent to an activating group) is 1. The molecule has 2 N–H and O–H groups in total. The van der Waals surface area contributed by atoms with Gasteiger partial charge in [-0.15, -0.1) is 0 Å². The van der Waals surface area contributed by atoms with Crippen molar-refractivity contribution in [3.05, 3.63) is 41.7 Å². The number of anilines is 1. The maximum Gasteiger partial charge on any atom is 0.236 e. The molecule has 2 saturated heterocycles. The molecule has 0 unspecified atom stereocenters. The number of nitrogens with one attached hydrogen (secondary N) is 2. The number of halogens is 1. The number of hydrogen-bond acceptors (Lipinski definition) is 6. The molecule has 5 rings (SSSR count). The fourth-order valence-electron chi connectivity index (χ4n) is 4.92. The zero-order chi connectivity index (χ0) is 23.5. The number of benzene rings is 1. The van der Waals surface area contributed by atoms with Crippen LogP contribution in [0, 0.1) is 0 Å². The summed E-state index contributed by atoms with van der Waals surface area (Å²) in [7, 11) is 2.05. The third kappa shape index (κ3) is 5.04. The first kappa shape index (κ1) is 23.1. The van der Waals surface area contributed by atoms with Crippen molar-refractivity contribution in [2.45, 2.75) is 37.8 Å². The number of aromatic amines is 1. The van der Waals surface area contributed by atoms with E-state index in [-0.39, 0.29) is 11.9 Å². The minimum atomic E-state index is 0.205. The van der Waals surface area contributed by atoms with Gasteiger partial charge < -0.3 is 19.9 Å². The second-order valence-electron chi connectivity index (χ2n) is 9.20. The molecule has 2 aliphatic heterocycles. The molecule has 180 valence electrons. The SMILES string of the molecule is CN(CC(=O)N1CCC(Nc2ncc(Cl)c(-c3c[nH]c4ccccc34)n2)CC1)C1CCOCC1. The average Bonchev–Trinajstić information content (AvgIpc) is 3.30. The van der Waals surface area contributed by atoms with Crippen LogP contribution in [-0.2, 0) is 9.53 Å². The molecule has 3 aromatic rings. The summed E-state index contributed by atoms with van der Waals surface area (Å²) in [6.45, 7) is 3.52. The van der Waals surface area contributed by atoms with Crippen molar-refractivity contribution in [1.82, 2.24) is 24.8 Å². The molecular formula is C25H31ClN6O2. The fourth-order valence-corrected chi connectivity index (χ4v) is 5.11. The molecule has 34 heavy (non-hydrogen) atoms. The Labute approximate surface area is 204 Å². The Morgan fingerprint density at radius 2 is 2.00 bits per heavy atom. The predicted molar refractivity (Wildman–Crippen MR) is 134 cm³/mol. The van der Waals surface area contributed by atoms with Crippen LogP contribution in [0.5, 0.6) is 0 Å². The van der Waals surface area contributed by atoms with E-state index in [1.807, 2.05) is 36.3 Å². The van der Waals surface area contributed by atoms with E-state index in [1.54, 1.807) is 6.20 Å². The fraction of sp³-hybridized carbons (Fsp3) is 0.480. The molecule has 0 saturated carbocycles. The van der Waals surface area contributed by atoms with Crippen LogP contribution in [0.1, 0.15) is 25.7 Å². The first-order valence-corrected chi connectivity index (χ1v) is 12.4. The van der Waals surface area contributed by atoms with Crippen LogP contribution in [-0.4, -0.2) is 82.6 Å². The number of fused-ring (bicyclic) bond motifs is 1. The first-order valence-electron chi connectivity index (χ1n) is 12.0. The van der Waals surface area contributed by atoms with Gasteiger partial charge in [0.05, 0.1) is 23.5 Å². The average molecular weight is 483 g/mol. The van der Waals surface area contributed by atoms with Crippen LogP contribution in [0.25, 0.3) is 22.2 Å². The maximum atomic E-state index is 12.8. The minimum Gasteiger partial charge on any atom is -0.381 e. The van der Waals surface area contributed by atoms with Crippen molar-refractivity contribution in [2.75, 3.05) is 45.2 Å². The number of hydrogen-bond donors (Lipinski definition) is 2. The quantitative estimate of drug-likeness (QED) is 0.556. The lowest BCUT2D eigenvalue weighted by atomic mass is 10.0. The highest BCUT2D eigenvalue weighted by Crippen LogP contribution is 2.32. The zero-order valence-electron chi connectivity index (χ0n) is 19.5. The summed E-state index contributed by atoms with van der Waals surface area (Å²) in [5, 5.41) is 5.05. The third-order valence-electron chi connectivity index (χ3n) is 6.97. The molecule has 8 nitrogen and oxygen atoms in total. The van der Waals surface area contributed by atoms with E-state index in [0.717, 1.165) is 68.5 Å². The molecule has 1 aromatic carbocycles. The number of rotatable bonds is 6. The van der Waals surface area contributed by atoms with Gasteiger partial charge in [-0.25, -0.2) is 9.97 Å². The molecule has 0 bridgehead atoms. The van der Waals surface area contributed by atoms with Crippen LogP contribution >= 0.6 is 11.6 Å². The summed E-state index contributed by atoms with van der Waals surface area (Å²) in [4.78, 5) is 29.4. The summed E-state index contributed by atoms with van der Waals surface area (Å²) >= 11 is 6.46. The number of carbonyl (C=O) groups excluding carboxylic acids is 1. The number of aromatic nitrogens is 3. The Morgan fingerprint density at radius 3 is 2.79 bits per heavy atom. The summed E-state index contributed by atoms with van der Waals surface area (Å²) < 4.78 is 5.44. The van der Waals surface area contributed by atoms with Crippen LogP contribution in [0.3, 0.4) is 0 Å². The lowest BCUT2D eigenvalue weighted by Gasteiger charge is -2.35. The monoisotopic (exact) mass is 482 g/mol. The number of piperidine rings is 1. The van der Waals surface area contributed by atoms with Crippen molar-refractivity contribution in [3.63, 3.8) is 0 Å². The predicted octanol–water partition coefficient (Wildman–Crippen LogP) is 3.79. The van der Waals surface area contributed by atoms with E-state index >= 15 is 0 Å². The third-order valence-corrected chi connectivity index (χ3v) is 7.24. The summed E-state index contributed by atoms with van der Waals surface area (Å²) in [6.07, 6.45) is 7.31. The Hall–Kier alpha value is -2.68. The number of carbonyl (C=O) groups is 1. The largest absolute Gasteiger partial charge is 0.381 e. The number of ether oxygens (including phenoxy) is 1. The van der Waals surface area contributed by atoms with Gasteiger partial charge in [-0.3, -0.25) is 9.69 Å². The van der Waals surface area contributed by atoms with Gasteiger partial charge in [-0.2, -0.15) is 0 Å².